The van der Waals surface area contributed by atoms with Gasteiger partial charge in [0.05, 0.1) is 40.3 Å². The van der Waals surface area contributed by atoms with Crippen molar-refractivity contribution < 1.29 is 24.0 Å². The van der Waals surface area contributed by atoms with E-state index in [0.717, 1.165) is 6.42 Å². The van der Waals surface area contributed by atoms with Crippen molar-refractivity contribution in [2.75, 3.05) is 13.2 Å². The first-order chi connectivity index (χ1) is 13.4. The Balaban J connectivity index is 2.77. The van der Waals surface area contributed by atoms with E-state index in [9.17, 15) is 19.7 Å². The molecule has 0 saturated carbocycles. The quantitative estimate of drug-likeness (QED) is 0.365. The number of non-ortho nitro benzene ring substituents is 1. The zero-order valence-corrected chi connectivity index (χ0v) is 16.3. The van der Waals surface area contributed by atoms with Gasteiger partial charge in [-0.2, -0.15) is 0 Å². The lowest BCUT2D eigenvalue weighted by Gasteiger charge is -2.16. The zero-order chi connectivity index (χ0) is 20.7. The van der Waals surface area contributed by atoms with Crippen LogP contribution in [0.25, 0.3) is 10.9 Å². The predicted molar refractivity (Wildman–Crippen MR) is 103 cm³/mol. The first-order valence-corrected chi connectivity index (χ1v) is 9.36. The molecule has 0 N–H and O–H groups in total. The fourth-order valence-electron chi connectivity index (χ4n) is 3.16. The number of pyridine rings is 1. The Labute approximate surface area is 163 Å². The molecule has 2 rings (SSSR count). The van der Waals surface area contributed by atoms with Crippen molar-refractivity contribution in [2.24, 2.45) is 0 Å². The van der Waals surface area contributed by atoms with Crippen LogP contribution in [0.4, 0.5) is 5.69 Å². The van der Waals surface area contributed by atoms with Crippen molar-refractivity contribution in [1.82, 2.24) is 4.98 Å². The van der Waals surface area contributed by atoms with Gasteiger partial charge in [0.25, 0.3) is 5.69 Å². The SMILES string of the molecule is CCCc1nc2cccc([N+](=O)[O-])c2c(CCC(=O)OCC)c1C(=O)OCC. The van der Waals surface area contributed by atoms with Gasteiger partial charge in [-0.1, -0.05) is 19.4 Å². The molecule has 28 heavy (non-hydrogen) atoms. The lowest BCUT2D eigenvalue weighted by Crippen LogP contribution is -2.16. The van der Waals surface area contributed by atoms with E-state index in [4.69, 9.17) is 9.47 Å². The van der Waals surface area contributed by atoms with Crippen LogP contribution < -0.4 is 0 Å². The number of hydrogen-bond acceptors (Lipinski definition) is 7. The van der Waals surface area contributed by atoms with Crippen molar-refractivity contribution in [3.63, 3.8) is 0 Å². The molecule has 0 saturated heterocycles. The lowest BCUT2D eigenvalue weighted by atomic mass is 9.94. The molecule has 0 amide bonds. The number of nitro benzene ring substituents is 1. The molecule has 0 fully saturated rings. The number of benzene rings is 1. The summed E-state index contributed by atoms with van der Waals surface area (Å²) in [5.74, 6) is -1.02. The highest BCUT2D eigenvalue weighted by molar-refractivity contribution is 6.01. The van der Waals surface area contributed by atoms with Crippen LogP contribution >= 0.6 is 0 Å². The lowest BCUT2D eigenvalue weighted by molar-refractivity contribution is -0.383. The summed E-state index contributed by atoms with van der Waals surface area (Å²) in [4.78, 5) is 40.2. The highest BCUT2D eigenvalue weighted by Gasteiger charge is 2.26. The number of hydrogen-bond donors (Lipinski definition) is 0. The highest BCUT2D eigenvalue weighted by Crippen LogP contribution is 2.33. The molecule has 150 valence electrons. The van der Waals surface area contributed by atoms with E-state index in [1.165, 1.54) is 6.07 Å². The maximum absolute atomic E-state index is 12.7. The summed E-state index contributed by atoms with van der Waals surface area (Å²) < 4.78 is 10.2. The topological polar surface area (TPSA) is 109 Å². The summed E-state index contributed by atoms with van der Waals surface area (Å²) in [5.41, 5.74) is 1.41. The molecule has 0 aliphatic rings. The van der Waals surface area contributed by atoms with Crippen LogP contribution in [0.15, 0.2) is 18.2 Å². The average Bonchev–Trinajstić information content (AvgIpc) is 2.65. The van der Waals surface area contributed by atoms with Crippen LogP contribution in [0.1, 0.15) is 55.2 Å². The summed E-state index contributed by atoms with van der Waals surface area (Å²) >= 11 is 0. The monoisotopic (exact) mass is 388 g/mol. The van der Waals surface area contributed by atoms with Crippen molar-refractivity contribution in [2.45, 2.75) is 46.5 Å². The fraction of sp³-hybridized carbons (Fsp3) is 0.450. The molecule has 8 heteroatoms. The molecule has 1 aromatic heterocycles. The fourth-order valence-corrected chi connectivity index (χ4v) is 3.16. The van der Waals surface area contributed by atoms with Gasteiger partial charge in [-0.05, 0) is 38.3 Å². The van der Waals surface area contributed by atoms with Gasteiger partial charge in [0.15, 0.2) is 0 Å². The first-order valence-electron chi connectivity index (χ1n) is 9.36. The summed E-state index contributed by atoms with van der Waals surface area (Å²) in [7, 11) is 0. The van der Waals surface area contributed by atoms with Gasteiger partial charge in [-0.3, -0.25) is 19.9 Å². The van der Waals surface area contributed by atoms with Crippen LogP contribution in [0.2, 0.25) is 0 Å². The van der Waals surface area contributed by atoms with Crippen LogP contribution in [-0.2, 0) is 27.1 Å². The van der Waals surface area contributed by atoms with Crippen LogP contribution in [-0.4, -0.2) is 35.1 Å². The molecule has 0 unspecified atom stereocenters. The largest absolute Gasteiger partial charge is 0.466 e. The summed E-state index contributed by atoms with van der Waals surface area (Å²) in [6.07, 6.45) is 1.36. The van der Waals surface area contributed by atoms with Crippen molar-refractivity contribution in [3.05, 3.63) is 45.1 Å². The minimum absolute atomic E-state index is 0.00300. The molecule has 0 aliphatic carbocycles. The van der Waals surface area contributed by atoms with Gasteiger partial charge in [0.1, 0.15) is 0 Å². The molecule has 2 aromatic rings. The number of carbonyl (C=O) groups is 2. The van der Waals surface area contributed by atoms with Gasteiger partial charge in [-0.15, -0.1) is 0 Å². The number of aromatic nitrogens is 1. The second-order valence-corrected chi connectivity index (χ2v) is 6.12. The molecule has 0 atom stereocenters. The normalized spacial score (nSPS) is 10.7. The Morgan fingerprint density at radius 2 is 1.82 bits per heavy atom. The van der Waals surface area contributed by atoms with Gasteiger partial charge >= 0.3 is 11.9 Å². The molecular formula is C20H24N2O6. The number of nitro groups is 1. The minimum atomic E-state index is -0.586. The van der Waals surface area contributed by atoms with Crippen LogP contribution in [0, 0.1) is 10.1 Å². The third-order valence-corrected chi connectivity index (χ3v) is 4.22. The molecule has 1 aromatic carbocycles. The first kappa shape index (κ1) is 21.3. The Kier molecular flexibility index (Phi) is 7.43. The van der Waals surface area contributed by atoms with Gasteiger partial charge in [0, 0.05) is 12.5 Å². The van der Waals surface area contributed by atoms with E-state index in [1.54, 1.807) is 26.0 Å². The number of ether oxygens (including phenoxy) is 2. The van der Waals surface area contributed by atoms with E-state index in [1.807, 2.05) is 6.92 Å². The maximum Gasteiger partial charge on any atom is 0.340 e. The van der Waals surface area contributed by atoms with Gasteiger partial charge in [0.2, 0.25) is 0 Å². The van der Waals surface area contributed by atoms with E-state index in [2.05, 4.69) is 4.98 Å². The van der Waals surface area contributed by atoms with Crippen LogP contribution in [0.3, 0.4) is 0 Å². The smallest absolute Gasteiger partial charge is 0.340 e. The second-order valence-electron chi connectivity index (χ2n) is 6.12. The average molecular weight is 388 g/mol. The van der Waals surface area contributed by atoms with E-state index in [-0.39, 0.29) is 42.7 Å². The zero-order valence-electron chi connectivity index (χ0n) is 16.3. The molecule has 0 aliphatic heterocycles. The Bertz CT molecular complexity index is 894. The van der Waals surface area contributed by atoms with E-state index < -0.39 is 16.9 Å². The molecule has 0 radical (unpaired) electrons. The van der Waals surface area contributed by atoms with Crippen molar-refractivity contribution in [3.8, 4) is 0 Å². The van der Waals surface area contributed by atoms with Gasteiger partial charge < -0.3 is 9.47 Å². The maximum atomic E-state index is 12.7. The molecule has 1 heterocycles. The van der Waals surface area contributed by atoms with E-state index in [0.29, 0.717) is 23.2 Å². The third kappa shape index (κ3) is 4.62. The molecule has 0 bridgehead atoms. The molecule has 0 spiro atoms. The number of rotatable bonds is 9. The number of aryl methyl sites for hydroxylation is 2. The summed E-state index contributed by atoms with van der Waals surface area (Å²) in [6, 6.07) is 4.60. The minimum Gasteiger partial charge on any atom is -0.466 e. The Morgan fingerprint density at radius 3 is 2.43 bits per heavy atom. The second kappa shape index (κ2) is 9.77. The number of esters is 2. The third-order valence-electron chi connectivity index (χ3n) is 4.22. The molecule has 8 nitrogen and oxygen atoms in total. The van der Waals surface area contributed by atoms with Crippen molar-refractivity contribution >= 4 is 28.5 Å². The number of fused-ring (bicyclic) bond motifs is 1. The van der Waals surface area contributed by atoms with Crippen LogP contribution in [0.5, 0.6) is 0 Å². The highest BCUT2D eigenvalue weighted by atomic mass is 16.6. The predicted octanol–water partition coefficient (Wildman–Crippen LogP) is 3.77. The van der Waals surface area contributed by atoms with Crippen molar-refractivity contribution in [1.29, 1.82) is 0 Å². The summed E-state index contributed by atoms with van der Waals surface area (Å²) in [6.45, 7) is 5.74. The Morgan fingerprint density at radius 1 is 1.11 bits per heavy atom. The number of carbonyl (C=O) groups excluding carboxylic acids is 2. The molecular weight excluding hydrogens is 364 g/mol. The van der Waals surface area contributed by atoms with E-state index >= 15 is 0 Å². The summed E-state index contributed by atoms with van der Waals surface area (Å²) in [5, 5.41) is 11.9. The van der Waals surface area contributed by atoms with Gasteiger partial charge in [-0.25, -0.2) is 4.79 Å². The standard InChI is InChI=1S/C20H24N2O6/c1-4-8-14-19(20(24)28-6-3)13(11-12-17(23)27-5-2)18-15(21-14)9-7-10-16(18)22(25)26/h7,9-10H,4-6,8,11-12H2,1-3H3. The Hall–Kier alpha value is -3.03. The number of nitrogens with zero attached hydrogens (tertiary/aromatic N) is 2.